The van der Waals surface area contributed by atoms with Crippen LogP contribution in [0.15, 0.2) is 53.0 Å². The average molecular weight is 441 g/mol. The number of aryl methyl sites for hydroxylation is 1. The van der Waals surface area contributed by atoms with E-state index in [0.717, 1.165) is 5.56 Å². The summed E-state index contributed by atoms with van der Waals surface area (Å²) in [5.41, 5.74) is 1.78. The van der Waals surface area contributed by atoms with Crippen LogP contribution in [-0.4, -0.2) is 34.9 Å². The van der Waals surface area contributed by atoms with Crippen molar-refractivity contribution in [2.24, 2.45) is 5.41 Å². The zero-order chi connectivity index (χ0) is 20.9. The summed E-state index contributed by atoms with van der Waals surface area (Å²) < 4.78 is 0.669. The molecule has 146 valence electrons. The van der Waals surface area contributed by atoms with E-state index in [-0.39, 0.29) is 23.8 Å². The van der Waals surface area contributed by atoms with Crippen molar-refractivity contribution in [2.75, 3.05) is 13.1 Å². The number of terminal acetylenes is 1. The second-order valence-corrected chi connectivity index (χ2v) is 8.69. The number of amides is 2. The normalized spacial score (nSPS) is 10.9. The van der Waals surface area contributed by atoms with Gasteiger partial charge < -0.3 is 0 Å². The van der Waals surface area contributed by atoms with Crippen LogP contribution in [0.25, 0.3) is 0 Å². The van der Waals surface area contributed by atoms with Gasteiger partial charge in [0.1, 0.15) is 6.54 Å². The Morgan fingerprint density at radius 2 is 1.61 bits per heavy atom. The molecule has 0 saturated carbocycles. The highest BCUT2D eigenvalue weighted by atomic mass is 79.9. The van der Waals surface area contributed by atoms with Crippen LogP contribution in [0, 0.1) is 24.7 Å². The molecular formula is C23H25BrN2O2. The van der Waals surface area contributed by atoms with E-state index in [2.05, 4.69) is 21.9 Å². The Hall–Kier alpha value is -2.58. The molecule has 2 amide bonds. The third-order valence-electron chi connectivity index (χ3n) is 4.03. The van der Waals surface area contributed by atoms with Crippen molar-refractivity contribution in [1.29, 1.82) is 0 Å². The lowest BCUT2D eigenvalue weighted by atomic mass is 9.96. The fourth-order valence-electron chi connectivity index (χ4n) is 2.69. The molecular weight excluding hydrogens is 416 g/mol. The number of benzene rings is 2. The highest BCUT2D eigenvalue weighted by Gasteiger charge is 2.31. The second kappa shape index (κ2) is 9.07. The van der Waals surface area contributed by atoms with Gasteiger partial charge in [-0.25, -0.2) is 10.0 Å². The number of hydrogen-bond donors (Lipinski definition) is 0. The number of carbonyl (C=O) groups is 2. The fourth-order valence-corrected chi connectivity index (χ4v) is 3.14. The van der Waals surface area contributed by atoms with Crippen LogP contribution in [0.1, 0.15) is 47.1 Å². The summed E-state index contributed by atoms with van der Waals surface area (Å²) >= 11 is 3.43. The number of hydrazine groups is 1. The quantitative estimate of drug-likeness (QED) is 0.499. The Kier molecular flexibility index (Phi) is 7.04. The van der Waals surface area contributed by atoms with E-state index in [4.69, 9.17) is 6.42 Å². The van der Waals surface area contributed by atoms with E-state index >= 15 is 0 Å². The minimum Gasteiger partial charge on any atom is -0.267 e. The number of halogens is 1. The maximum absolute atomic E-state index is 13.4. The molecule has 0 spiro atoms. The zero-order valence-corrected chi connectivity index (χ0v) is 18.3. The van der Waals surface area contributed by atoms with Gasteiger partial charge in [0.25, 0.3) is 11.8 Å². The molecule has 0 radical (unpaired) electrons. The predicted octanol–water partition coefficient (Wildman–Crippen LogP) is 4.94. The molecule has 0 atom stereocenters. The Morgan fingerprint density at radius 1 is 1.00 bits per heavy atom. The Balaban J connectivity index is 2.49. The van der Waals surface area contributed by atoms with Gasteiger partial charge in [0.05, 0.1) is 5.56 Å². The van der Waals surface area contributed by atoms with E-state index in [9.17, 15) is 9.59 Å². The van der Waals surface area contributed by atoms with E-state index < -0.39 is 0 Å². The van der Waals surface area contributed by atoms with Gasteiger partial charge in [-0.3, -0.25) is 9.59 Å². The highest BCUT2D eigenvalue weighted by Crippen LogP contribution is 2.24. The van der Waals surface area contributed by atoms with Crippen molar-refractivity contribution >= 4 is 27.7 Å². The van der Waals surface area contributed by atoms with Gasteiger partial charge in [0.15, 0.2) is 0 Å². The Bertz CT molecular complexity index is 892. The monoisotopic (exact) mass is 440 g/mol. The molecule has 5 heteroatoms. The van der Waals surface area contributed by atoms with E-state index in [1.165, 1.54) is 10.0 Å². The molecule has 0 unspecified atom stereocenters. The molecule has 28 heavy (non-hydrogen) atoms. The van der Waals surface area contributed by atoms with Crippen LogP contribution >= 0.6 is 15.9 Å². The molecule has 0 N–H and O–H groups in total. The van der Waals surface area contributed by atoms with Gasteiger partial charge in [-0.2, -0.15) is 0 Å². The summed E-state index contributed by atoms with van der Waals surface area (Å²) in [6.45, 7) is 8.33. The third kappa shape index (κ3) is 5.46. The first-order chi connectivity index (χ1) is 13.1. The smallest absolute Gasteiger partial charge is 0.267 e. The molecule has 0 aliphatic rings. The molecule has 2 rings (SSSR count). The number of carbonyl (C=O) groups excluding carboxylic acids is 2. The van der Waals surface area contributed by atoms with Gasteiger partial charge in [0, 0.05) is 16.6 Å². The summed E-state index contributed by atoms with van der Waals surface area (Å²) in [4.78, 5) is 26.6. The van der Waals surface area contributed by atoms with Crippen molar-refractivity contribution < 1.29 is 9.59 Å². The first kappa shape index (κ1) is 21.7. The average Bonchev–Trinajstić information content (AvgIpc) is 2.64. The second-order valence-electron chi connectivity index (χ2n) is 7.84. The van der Waals surface area contributed by atoms with Crippen LogP contribution < -0.4 is 0 Å². The van der Waals surface area contributed by atoms with Crippen molar-refractivity contribution in [2.45, 2.75) is 27.7 Å². The van der Waals surface area contributed by atoms with E-state index in [1.807, 2.05) is 45.9 Å². The summed E-state index contributed by atoms with van der Waals surface area (Å²) in [7, 11) is 0. The molecule has 4 nitrogen and oxygen atoms in total. The molecule has 0 aliphatic heterocycles. The summed E-state index contributed by atoms with van der Waals surface area (Å²) in [6.07, 6.45) is 5.55. The maximum atomic E-state index is 13.4. The van der Waals surface area contributed by atoms with Gasteiger partial charge in [-0.15, -0.1) is 6.42 Å². The summed E-state index contributed by atoms with van der Waals surface area (Å²) in [5.74, 6) is 1.93. The molecule has 0 bridgehead atoms. The SMILES string of the molecule is C#CCN(C(=O)c1ccc(C)cc1)N(CC(C)(C)C)C(=O)c1ccccc1Br. The van der Waals surface area contributed by atoms with Gasteiger partial charge in [-0.05, 0) is 52.5 Å². The van der Waals surface area contributed by atoms with Crippen molar-refractivity contribution in [1.82, 2.24) is 10.0 Å². The van der Waals surface area contributed by atoms with Crippen LogP contribution in [0.3, 0.4) is 0 Å². The largest absolute Gasteiger partial charge is 0.273 e. The molecule has 2 aromatic rings. The maximum Gasteiger partial charge on any atom is 0.273 e. The molecule has 2 aromatic carbocycles. The van der Waals surface area contributed by atoms with E-state index in [1.54, 1.807) is 30.3 Å². The van der Waals surface area contributed by atoms with Crippen molar-refractivity contribution in [3.05, 3.63) is 69.7 Å². The lowest BCUT2D eigenvalue weighted by Gasteiger charge is -2.38. The molecule has 0 aromatic heterocycles. The number of nitrogens with zero attached hydrogens (tertiary/aromatic N) is 2. The molecule has 0 heterocycles. The summed E-state index contributed by atoms with van der Waals surface area (Å²) in [6, 6.07) is 14.4. The minimum absolute atomic E-state index is 0.00101. The fraction of sp³-hybridized carbons (Fsp3) is 0.304. The van der Waals surface area contributed by atoms with Crippen molar-refractivity contribution in [3.8, 4) is 12.3 Å². The van der Waals surface area contributed by atoms with Crippen molar-refractivity contribution in [3.63, 3.8) is 0 Å². The highest BCUT2D eigenvalue weighted by molar-refractivity contribution is 9.10. The molecule has 0 saturated heterocycles. The first-order valence-corrected chi connectivity index (χ1v) is 9.81. The molecule has 0 fully saturated rings. The number of hydrogen-bond acceptors (Lipinski definition) is 2. The Labute approximate surface area is 175 Å². The first-order valence-electron chi connectivity index (χ1n) is 9.02. The van der Waals surface area contributed by atoms with E-state index in [0.29, 0.717) is 22.1 Å². The van der Waals surface area contributed by atoms with Crippen LogP contribution in [0.4, 0.5) is 0 Å². The molecule has 0 aliphatic carbocycles. The Morgan fingerprint density at radius 3 is 2.14 bits per heavy atom. The van der Waals surface area contributed by atoms with Gasteiger partial charge in [0.2, 0.25) is 0 Å². The minimum atomic E-state index is -0.303. The predicted molar refractivity (Wildman–Crippen MR) is 116 cm³/mol. The number of rotatable bonds is 4. The van der Waals surface area contributed by atoms with Crippen LogP contribution in [0.5, 0.6) is 0 Å². The summed E-state index contributed by atoms with van der Waals surface area (Å²) in [5, 5.41) is 2.82. The standard InChI is InChI=1S/C23H25BrN2O2/c1-6-15-25(21(27)18-13-11-17(2)12-14-18)26(16-23(3,4)5)22(28)19-9-7-8-10-20(19)24/h1,7-14H,15-16H2,2-5H3. The topological polar surface area (TPSA) is 40.6 Å². The lowest BCUT2D eigenvalue weighted by Crippen LogP contribution is -2.52. The zero-order valence-electron chi connectivity index (χ0n) is 16.7. The van der Waals surface area contributed by atoms with Gasteiger partial charge in [-0.1, -0.05) is 56.5 Å². The van der Waals surface area contributed by atoms with Gasteiger partial charge >= 0.3 is 0 Å². The van der Waals surface area contributed by atoms with Crippen LogP contribution in [-0.2, 0) is 0 Å². The third-order valence-corrected chi connectivity index (χ3v) is 4.72. The lowest BCUT2D eigenvalue weighted by molar-refractivity contribution is -0.0103. The van der Waals surface area contributed by atoms with Crippen LogP contribution in [0.2, 0.25) is 0 Å².